The molecule has 9 heavy (non-hydrogen) atoms. The molecule has 1 atom stereocenters. The lowest BCUT2D eigenvalue weighted by Gasteiger charge is -2.07. The maximum Gasteiger partial charge on any atom is 0.0642 e. The third-order valence-electron chi connectivity index (χ3n) is 1.34. The number of hydrogen-bond donors (Lipinski definition) is 0. The van der Waals surface area contributed by atoms with Crippen LogP contribution in [-0.2, 0) is 0 Å². The molecule has 0 aromatic heterocycles. The first kappa shape index (κ1) is 6.81. The van der Waals surface area contributed by atoms with Gasteiger partial charge in [0.25, 0.3) is 0 Å². The molecule has 0 saturated carbocycles. The molecule has 1 rings (SSSR count). The predicted octanol–water partition coefficient (Wildman–Crippen LogP) is 1.87. The minimum atomic E-state index is 0.545. The van der Waals surface area contributed by atoms with Crippen molar-refractivity contribution in [3.05, 3.63) is 12.2 Å². The van der Waals surface area contributed by atoms with Crippen LogP contribution in [0.15, 0.2) is 17.1 Å². The molecule has 0 aromatic carbocycles. The van der Waals surface area contributed by atoms with Crippen LogP contribution < -0.4 is 0 Å². The van der Waals surface area contributed by atoms with Crippen LogP contribution in [0.4, 0.5) is 0 Å². The number of halogens is 1. The first-order valence-electron chi connectivity index (χ1n) is 3.10. The van der Waals surface area contributed by atoms with E-state index in [1.165, 1.54) is 0 Å². The summed E-state index contributed by atoms with van der Waals surface area (Å²) in [5.74, 6) is 1.14. The molecule has 0 saturated heterocycles. The van der Waals surface area contributed by atoms with E-state index in [2.05, 4.69) is 18.0 Å². The molecule has 1 heterocycles. The summed E-state index contributed by atoms with van der Waals surface area (Å²) in [4.78, 5) is 4.23. The fourth-order valence-electron chi connectivity index (χ4n) is 0.737. The van der Waals surface area contributed by atoms with Crippen LogP contribution in [0.2, 0.25) is 0 Å². The number of dihydropyridines is 1. The lowest BCUT2D eigenvalue weighted by molar-refractivity contribution is 0.734. The first-order chi connectivity index (χ1) is 4.33. The van der Waals surface area contributed by atoms with Gasteiger partial charge in [-0.1, -0.05) is 13.0 Å². The van der Waals surface area contributed by atoms with Crippen LogP contribution in [0.3, 0.4) is 0 Å². The Labute approximate surface area is 60.4 Å². The average molecular weight is 144 g/mol. The number of nitrogens with zero attached hydrogens (tertiary/aromatic N) is 1. The van der Waals surface area contributed by atoms with Crippen LogP contribution in [0.5, 0.6) is 0 Å². The van der Waals surface area contributed by atoms with Crippen LogP contribution in [0.25, 0.3) is 0 Å². The van der Waals surface area contributed by atoms with Crippen LogP contribution >= 0.6 is 11.6 Å². The van der Waals surface area contributed by atoms with Crippen molar-refractivity contribution in [2.24, 2.45) is 10.9 Å². The Morgan fingerprint density at radius 3 is 3.11 bits per heavy atom. The van der Waals surface area contributed by atoms with Gasteiger partial charge in [-0.2, -0.15) is 0 Å². The minimum absolute atomic E-state index is 0.545. The Hall–Kier alpha value is -0.300. The van der Waals surface area contributed by atoms with Crippen molar-refractivity contribution < 1.29 is 0 Å². The van der Waals surface area contributed by atoms with Gasteiger partial charge in [-0.25, -0.2) is 0 Å². The number of alkyl halides is 1. The van der Waals surface area contributed by atoms with Gasteiger partial charge in [0.15, 0.2) is 0 Å². The highest BCUT2D eigenvalue weighted by Crippen LogP contribution is 2.04. The molecule has 0 spiro atoms. The number of rotatable bonds is 1. The highest BCUT2D eigenvalue weighted by molar-refractivity contribution is 6.30. The second-order valence-electron chi connectivity index (χ2n) is 2.30. The Bertz CT molecular complexity index is 149. The van der Waals surface area contributed by atoms with E-state index in [1.54, 1.807) is 0 Å². The molecule has 1 unspecified atom stereocenters. The van der Waals surface area contributed by atoms with Gasteiger partial charge >= 0.3 is 0 Å². The third kappa shape index (κ3) is 1.83. The van der Waals surface area contributed by atoms with Gasteiger partial charge in [-0.05, 0) is 12.0 Å². The lowest BCUT2D eigenvalue weighted by Crippen LogP contribution is -2.07. The maximum atomic E-state index is 5.55. The van der Waals surface area contributed by atoms with Crippen LogP contribution in [-0.4, -0.2) is 18.1 Å². The van der Waals surface area contributed by atoms with Crippen molar-refractivity contribution in [2.75, 3.05) is 12.4 Å². The lowest BCUT2D eigenvalue weighted by atomic mass is 10.1. The third-order valence-corrected chi connectivity index (χ3v) is 1.61. The van der Waals surface area contributed by atoms with Gasteiger partial charge < -0.3 is 0 Å². The normalized spacial score (nSPS) is 26.0. The van der Waals surface area contributed by atoms with Crippen molar-refractivity contribution in [1.29, 1.82) is 0 Å². The number of aliphatic imine (C=N–C) groups is 1. The van der Waals surface area contributed by atoms with Crippen molar-refractivity contribution in [3.63, 3.8) is 0 Å². The molecular formula is C7H10ClN. The number of hydrogen-bond acceptors (Lipinski definition) is 1. The van der Waals surface area contributed by atoms with E-state index in [9.17, 15) is 0 Å². The highest BCUT2D eigenvalue weighted by atomic mass is 35.5. The summed E-state index contributed by atoms with van der Waals surface area (Å²) < 4.78 is 0. The highest BCUT2D eigenvalue weighted by Gasteiger charge is 2.01. The second kappa shape index (κ2) is 3.02. The van der Waals surface area contributed by atoms with Crippen molar-refractivity contribution in [3.8, 4) is 0 Å². The summed E-state index contributed by atoms with van der Waals surface area (Å²) in [6.45, 7) is 3.05. The maximum absolute atomic E-state index is 5.55. The molecular weight excluding hydrogens is 134 g/mol. The summed E-state index contributed by atoms with van der Waals surface area (Å²) in [6.07, 6.45) is 4.14. The second-order valence-corrected chi connectivity index (χ2v) is 2.57. The van der Waals surface area contributed by atoms with E-state index in [1.807, 2.05) is 6.08 Å². The van der Waals surface area contributed by atoms with Gasteiger partial charge in [0.2, 0.25) is 0 Å². The topological polar surface area (TPSA) is 12.4 Å². The molecule has 0 aliphatic carbocycles. The standard InChI is InChI=1S/C7H10ClN/c1-6-2-3-7(4-8)9-5-6/h2-3,6H,4-5H2,1H3. The summed E-state index contributed by atoms with van der Waals surface area (Å²) in [5.41, 5.74) is 1.01. The quantitative estimate of drug-likeness (QED) is 0.497. The van der Waals surface area contributed by atoms with Gasteiger partial charge in [0, 0.05) is 12.3 Å². The summed E-state index contributed by atoms with van der Waals surface area (Å²) in [5, 5.41) is 0. The Morgan fingerprint density at radius 1 is 1.89 bits per heavy atom. The molecule has 0 radical (unpaired) electrons. The van der Waals surface area contributed by atoms with Gasteiger partial charge in [0.05, 0.1) is 5.88 Å². The van der Waals surface area contributed by atoms with E-state index in [4.69, 9.17) is 11.6 Å². The average Bonchev–Trinajstić information content (AvgIpc) is 1.90. The van der Waals surface area contributed by atoms with E-state index >= 15 is 0 Å². The molecule has 1 aliphatic heterocycles. The summed E-state index contributed by atoms with van der Waals surface area (Å²) in [7, 11) is 0. The molecule has 50 valence electrons. The predicted molar refractivity (Wildman–Crippen MR) is 41.3 cm³/mol. The van der Waals surface area contributed by atoms with Crippen molar-refractivity contribution >= 4 is 17.3 Å². The van der Waals surface area contributed by atoms with Crippen molar-refractivity contribution in [2.45, 2.75) is 6.92 Å². The van der Waals surface area contributed by atoms with Gasteiger partial charge in [-0.15, -0.1) is 11.6 Å². The molecule has 1 nitrogen and oxygen atoms in total. The Morgan fingerprint density at radius 2 is 2.67 bits per heavy atom. The largest absolute Gasteiger partial charge is 0.288 e. The monoisotopic (exact) mass is 143 g/mol. The molecule has 0 amide bonds. The van der Waals surface area contributed by atoms with Crippen molar-refractivity contribution in [1.82, 2.24) is 0 Å². The zero-order chi connectivity index (χ0) is 6.69. The van der Waals surface area contributed by atoms with Crippen LogP contribution in [0.1, 0.15) is 6.92 Å². The Kier molecular flexibility index (Phi) is 2.29. The molecule has 0 fully saturated rings. The van der Waals surface area contributed by atoms with E-state index in [0.717, 1.165) is 12.3 Å². The Balaban J connectivity index is 2.52. The fraction of sp³-hybridized carbons (Fsp3) is 0.571. The van der Waals surface area contributed by atoms with E-state index in [-0.39, 0.29) is 0 Å². The zero-order valence-corrected chi connectivity index (χ0v) is 6.23. The van der Waals surface area contributed by atoms with E-state index in [0.29, 0.717) is 11.8 Å². The molecule has 1 aliphatic rings. The van der Waals surface area contributed by atoms with Crippen LogP contribution in [0, 0.1) is 5.92 Å². The SMILES string of the molecule is CC1C=CC(CCl)=NC1. The van der Waals surface area contributed by atoms with Gasteiger partial charge in [0.1, 0.15) is 0 Å². The first-order valence-corrected chi connectivity index (χ1v) is 3.64. The molecule has 2 heteroatoms. The number of allylic oxidation sites excluding steroid dienone is 1. The van der Waals surface area contributed by atoms with E-state index < -0.39 is 0 Å². The smallest absolute Gasteiger partial charge is 0.0642 e. The molecule has 0 N–H and O–H groups in total. The molecule has 0 bridgehead atoms. The van der Waals surface area contributed by atoms with Gasteiger partial charge in [-0.3, -0.25) is 4.99 Å². The zero-order valence-electron chi connectivity index (χ0n) is 5.47. The minimum Gasteiger partial charge on any atom is -0.288 e. The summed E-state index contributed by atoms with van der Waals surface area (Å²) in [6, 6.07) is 0. The summed E-state index contributed by atoms with van der Waals surface area (Å²) >= 11 is 5.55. The fourth-order valence-corrected chi connectivity index (χ4v) is 0.911. The molecule has 0 aromatic rings.